The van der Waals surface area contributed by atoms with Crippen molar-refractivity contribution in [3.05, 3.63) is 46.8 Å². The number of halogens is 1. The Morgan fingerprint density at radius 3 is 2.79 bits per heavy atom. The molecule has 2 aromatic rings. The second kappa shape index (κ2) is 5.05. The number of hydrogen-bond donors (Lipinski definition) is 2. The van der Waals surface area contributed by atoms with E-state index in [0.717, 1.165) is 0 Å². The van der Waals surface area contributed by atoms with Gasteiger partial charge in [0.1, 0.15) is 17.5 Å². The Hall–Kier alpha value is -2.44. The quantitative estimate of drug-likeness (QED) is 0.376. The summed E-state index contributed by atoms with van der Waals surface area (Å²) in [5.41, 5.74) is 5.88. The van der Waals surface area contributed by atoms with Crippen molar-refractivity contribution < 1.29 is 9.60 Å². The van der Waals surface area contributed by atoms with Crippen LogP contribution >= 0.6 is 0 Å². The molecule has 0 amide bonds. The molecule has 0 saturated heterocycles. The van der Waals surface area contributed by atoms with E-state index in [1.165, 1.54) is 6.07 Å². The third-order valence-electron chi connectivity index (χ3n) is 2.75. The fourth-order valence-corrected chi connectivity index (χ4v) is 1.83. The van der Waals surface area contributed by atoms with Crippen molar-refractivity contribution in [1.29, 1.82) is 0 Å². The average Bonchev–Trinajstić information content (AvgIpc) is 2.69. The Morgan fingerprint density at radius 1 is 1.47 bits per heavy atom. The van der Waals surface area contributed by atoms with E-state index in [0.29, 0.717) is 17.2 Å². The molecule has 0 aliphatic carbocycles. The number of oxime groups is 1. The summed E-state index contributed by atoms with van der Waals surface area (Å²) in [6.45, 7) is 3.81. The van der Waals surface area contributed by atoms with E-state index in [4.69, 9.17) is 10.9 Å². The summed E-state index contributed by atoms with van der Waals surface area (Å²) in [4.78, 5) is 4.15. The lowest BCUT2D eigenvalue weighted by atomic mass is 10.1. The van der Waals surface area contributed by atoms with Crippen LogP contribution in [0.3, 0.4) is 0 Å². The number of benzene rings is 1. The zero-order valence-corrected chi connectivity index (χ0v) is 10.6. The number of nitrogens with two attached hydrogens (primary N) is 1. The average molecular weight is 263 g/mol. The molecule has 0 aliphatic heterocycles. The molecule has 0 spiro atoms. The highest BCUT2D eigenvalue weighted by atomic mass is 19.1. The van der Waals surface area contributed by atoms with Crippen molar-refractivity contribution in [3.8, 4) is 0 Å². The van der Waals surface area contributed by atoms with Gasteiger partial charge in [0, 0.05) is 5.56 Å². The third-order valence-corrected chi connectivity index (χ3v) is 2.75. The van der Waals surface area contributed by atoms with Crippen molar-refractivity contribution >= 4 is 5.84 Å². The molecule has 6 nitrogen and oxygen atoms in total. The molecule has 0 saturated carbocycles. The van der Waals surface area contributed by atoms with Gasteiger partial charge in [0.05, 0.1) is 12.1 Å². The predicted molar refractivity (Wildman–Crippen MR) is 67.5 cm³/mol. The first-order valence-corrected chi connectivity index (χ1v) is 5.66. The van der Waals surface area contributed by atoms with Gasteiger partial charge < -0.3 is 10.9 Å². The first-order chi connectivity index (χ1) is 9.02. The summed E-state index contributed by atoms with van der Waals surface area (Å²) >= 11 is 0. The molecule has 3 N–H and O–H groups in total. The van der Waals surface area contributed by atoms with Crippen molar-refractivity contribution in [2.75, 3.05) is 0 Å². The highest BCUT2D eigenvalue weighted by Gasteiger charge is 2.13. The van der Waals surface area contributed by atoms with Crippen LogP contribution in [0.1, 0.15) is 22.8 Å². The minimum Gasteiger partial charge on any atom is -0.409 e. The van der Waals surface area contributed by atoms with E-state index < -0.39 is 5.82 Å². The molecule has 1 heterocycles. The summed E-state index contributed by atoms with van der Waals surface area (Å²) in [5.74, 6) is 0.549. The summed E-state index contributed by atoms with van der Waals surface area (Å²) in [6, 6.07) is 4.72. The van der Waals surface area contributed by atoms with Crippen LogP contribution in [0.25, 0.3) is 0 Å². The molecule has 19 heavy (non-hydrogen) atoms. The van der Waals surface area contributed by atoms with Gasteiger partial charge in [0.2, 0.25) is 0 Å². The van der Waals surface area contributed by atoms with Crippen LogP contribution in [0.2, 0.25) is 0 Å². The van der Waals surface area contributed by atoms with Crippen LogP contribution in [0.5, 0.6) is 0 Å². The van der Waals surface area contributed by atoms with Gasteiger partial charge in [-0.3, -0.25) is 0 Å². The number of nitrogens with zero attached hydrogens (tertiary/aromatic N) is 4. The molecule has 0 aliphatic rings. The Balaban J connectivity index is 2.39. The number of aryl methyl sites for hydroxylation is 2. The number of aromatic nitrogens is 3. The minimum atomic E-state index is -0.523. The van der Waals surface area contributed by atoms with Crippen molar-refractivity contribution in [3.63, 3.8) is 0 Å². The molecule has 1 aromatic carbocycles. The monoisotopic (exact) mass is 263 g/mol. The molecule has 7 heteroatoms. The van der Waals surface area contributed by atoms with Crippen molar-refractivity contribution in [1.82, 2.24) is 14.8 Å². The molecular weight excluding hydrogens is 249 g/mol. The van der Waals surface area contributed by atoms with Gasteiger partial charge in [0.15, 0.2) is 5.84 Å². The molecule has 0 fully saturated rings. The first-order valence-electron chi connectivity index (χ1n) is 5.66. The largest absolute Gasteiger partial charge is 0.409 e. The molecule has 0 radical (unpaired) electrons. The third kappa shape index (κ3) is 2.54. The zero-order chi connectivity index (χ0) is 14.0. The lowest BCUT2D eigenvalue weighted by molar-refractivity contribution is 0.318. The van der Waals surface area contributed by atoms with Gasteiger partial charge in [-0.2, -0.15) is 5.10 Å². The molecule has 0 atom stereocenters. The van der Waals surface area contributed by atoms with Gasteiger partial charge in [0.25, 0.3) is 0 Å². The number of rotatable bonds is 3. The maximum atomic E-state index is 14.2. The topological polar surface area (TPSA) is 89.3 Å². The Labute approximate surface area is 109 Å². The summed E-state index contributed by atoms with van der Waals surface area (Å²) < 4.78 is 15.8. The van der Waals surface area contributed by atoms with Crippen LogP contribution in [0.4, 0.5) is 4.39 Å². The lowest BCUT2D eigenvalue weighted by Crippen LogP contribution is -2.17. The summed E-state index contributed by atoms with van der Waals surface area (Å²) in [5, 5.41) is 15.6. The van der Waals surface area contributed by atoms with Crippen LogP contribution in [-0.4, -0.2) is 25.8 Å². The van der Waals surface area contributed by atoms with Crippen molar-refractivity contribution in [2.24, 2.45) is 10.9 Å². The smallest absolute Gasteiger partial charge is 0.173 e. The molecule has 1 aromatic heterocycles. The van der Waals surface area contributed by atoms with Crippen LogP contribution < -0.4 is 5.73 Å². The van der Waals surface area contributed by atoms with Crippen LogP contribution in [-0.2, 0) is 6.54 Å². The molecule has 0 unspecified atom stereocenters. The lowest BCUT2D eigenvalue weighted by Gasteiger charge is -2.08. The van der Waals surface area contributed by atoms with Gasteiger partial charge in [-0.15, -0.1) is 0 Å². The van der Waals surface area contributed by atoms with Crippen LogP contribution in [0.15, 0.2) is 23.4 Å². The maximum Gasteiger partial charge on any atom is 0.173 e. The Bertz CT molecular complexity index is 635. The Kier molecular flexibility index (Phi) is 3.46. The van der Waals surface area contributed by atoms with E-state index >= 15 is 0 Å². The summed E-state index contributed by atoms with van der Waals surface area (Å²) in [7, 11) is 0. The van der Waals surface area contributed by atoms with Gasteiger partial charge in [-0.1, -0.05) is 17.3 Å². The van der Waals surface area contributed by atoms with E-state index in [2.05, 4.69) is 15.2 Å². The second-order valence-electron chi connectivity index (χ2n) is 4.13. The van der Waals surface area contributed by atoms with E-state index in [1.807, 2.05) is 0 Å². The highest BCUT2D eigenvalue weighted by molar-refractivity contribution is 5.97. The van der Waals surface area contributed by atoms with E-state index in [1.54, 1.807) is 30.7 Å². The van der Waals surface area contributed by atoms with E-state index in [9.17, 15) is 4.39 Å². The summed E-state index contributed by atoms with van der Waals surface area (Å²) in [6.07, 6.45) is 0. The maximum absolute atomic E-state index is 14.2. The minimum absolute atomic E-state index is 0.0643. The molecule has 100 valence electrons. The normalized spacial score (nSPS) is 11.8. The molecule has 0 bridgehead atoms. The molecular formula is C12H14FN5O. The number of hydrogen-bond acceptors (Lipinski definition) is 4. The Morgan fingerprint density at radius 2 is 2.21 bits per heavy atom. The highest BCUT2D eigenvalue weighted by Crippen LogP contribution is 2.14. The van der Waals surface area contributed by atoms with E-state index in [-0.39, 0.29) is 17.9 Å². The second-order valence-corrected chi connectivity index (χ2v) is 4.13. The van der Waals surface area contributed by atoms with Gasteiger partial charge >= 0.3 is 0 Å². The first kappa shape index (κ1) is 13.0. The fourth-order valence-electron chi connectivity index (χ4n) is 1.83. The van der Waals surface area contributed by atoms with Gasteiger partial charge in [-0.25, -0.2) is 14.1 Å². The SMILES string of the molecule is Cc1nc(C)n(Cc2cccc(/C(N)=N/O)c2F)n1. The standard InChI is InChI=1S/C12H14FN5O/c1-7-15-8(2)18(16-7)6-9-4-3-5-10(11(9)13)12(14)17-19/h3-5,19H,6H2,1-2H3,(H2,14,17). The zero-order valence-electron chi connectivity index (χ0n) is 10.6. The fraction of sp³-hybridized carbons (Fsp3) is 0.250. The van der Waals surface area contributed by atoms with Crippen LogP contribution in [0, 0.1) is 19.7 Å². The van der Waals surface area contributed by atoms with Crippen molar-refractivity contribution in [2.45, 2.75) is 20.4 Å². The molecule has 2 rings (SSSR count). The number of amidine groups is 1. The van der Waals surface area contributed by atoms with Gasteiger partial charge in [-0.05, 0) is 19.9 Å². The predicted octanol–water partition coefficient (Wildman–Crippen LogP) is 1.18.